The molecule has 0 radical (unpaired) electrons. The Bertz CT molecular complexity index is 541. The van der Waals surface area contributed by atoms with Crippen molar-refractivity contribution in [3.63, 3.8) is 0 Å². The highest BCUT2D eigenvalue weighted by atomic mass is 19.1. The van der Waals surface area contributed by atoms with Crippen LogP contribution < -0.4 is 5.73 Å². The fourth-order valence-corrected chi connectivity index (χ4v) is 2.07. The number of aryl methyl sites for hydroxylation is 1. The topological polar surface area (TPSA) is 64.9 Å². The lowest BCUT2D eigenvalue weighted by atomic mass is 10.0. The van der Waals surface area contributed by atoms with Gasteiger partial charge in [-0.15, -0.1) is 0 Å². The van der Waals surface area contributed by atoms with Crippen molar-refractivity contribution >= 4 is 0 Å². The molecule has 4 nitrogen and oxygen atoms in total. The van der Waals surface area contributed by atoms with Crippen molar-refractivity contribution in [2.75, 3.05) is 6.54 Å². The molecule has 2 N–H and O–H groups in total. The quantitative estimate of drug-likeness (QED) is 0.845. The van der Waals surface area contributed by atoms with E-state index in [-0.39, 0.29) is 5.82 Å². The fourth-order valence-electron chi connectivity index (χ4n) is 2.07. The van der Waals surface area contributed by atoms with Crippen LogP contribution >= 0.6 is 0 Å². The monoisotopic (exact) mass is 277 g/mol. The molecule has 0 amide bonds. The normalized spacial score (nSPS) is 12.6. The summed E-state index contributed by atoms with van der Waals surface area (Å²) in [6.07, 6.45) is 3.06. The largest absolute Gasteiger partial charge is 0.339 e. The van der Waals surface area contributed by atoms with Crippen molar-refractivity contribution in [3.8, 4) is 0 Å². The molecule has 0 saturated heterocycles. The number of hydrogen-bond acceptors (Lipinski definition) is 4. The first kappa shape index (κ1) is 14.7. The van der Waals surface area contributed by atoms with Crippen LogP contribution in [0.1, 0.15) is 37.0 Å². The molecule has 0 aliphatic rings. The number of halogens is 1. The summed E-state index contributed by atoms with van der Waals surface area (Å²) in [5, 5.41) is 3.90. The lowest BCUT2D eigenvalue weighted by molar-refractivity contribution is 0.358. The van der Waals surface area contributed by atoms with Gasteiger partial charge in [-0.1, -0.05) is 30.3 Å². The Morgan fingerprint density at radius 1 is 1.30 bits per heavy atom. The second kappa shape index (κ2) is 7.14. The number of hydrogen-bond donors (Lipinski definition) is 1. The van der Waals surface area contributed by atoms with Gasteiger partial charge in [-0.25, -0.2) is 4.39 Å². The van der Waals surface area contributed by atoms with Crippen LogP contribution in [0.4, 0.5) is 4.39 Å². The van der Waals surface area contributed by atoms with E-state index < -0.39 is 0 Å². The van der Waals surface area contributed by atoms with Gasteiger partial charge in [0.1, 0.15) is 5.82 Å². The molecule has 0 bridgehead atoms. The maximum atomic E-state index is 13.5. The fraction of sp³-hybridized carbons (Fsp3) is 0.467. The van der Waals surface area contributed by atoms with Gasteiger partial charge in [0.2, 0.25) is 5.89 Å². The zero-order chi connectivity index (χ0) is 14.4. The standard InChI is InChI=1S/C15H20FN3O/c1-11(8-9-17)6-7-15-18-14(19-20-15)10-12-4-2-3-5-13(12)16/h2-5,11H,6-10,17H2,1H3. The molecule has 1 heterocycles. The molecule has 0 saturated carbocycles. The van der Waals surface area contributed by atoms with Crippen molar-refractivity contribution in [2.45, 2.75) is 32.6 Å². The van der Waals surface area contributed by atoms with Crippen molar-refractivity contribution in [1.29, 1.82) is 0 Å². The first-order chi connectivity index (χ1) is 9.69. The van der Waals surface area contributed by atoms with E-state index in [1.54, 1.807) is 18.2 Å². The molecule has 2 aromatic rings. The lowest BCUT2D eigenvalue weighted by Gasteiger charge is -2.06. The van der Waals surface area contributed by atoms with E-state index in [1.165, 1.54) is 6.07 Å². The molecule has 108 valence electrons. The maximum absolute atomic E-state index is 13.5. The smallest absolute Gasteiger partial charge is 0.226 e. The Hall–Kier alpha value is -1.75. The predicted octanol–water partition coefficient (Wildman–Crippen LogP) is 2.72. The lowest BCUT2D eigenvalue weighted by Crippen LogP contribution is -2.06. The van der Waals surface area contributed by atoms with Crippen LogP contribution in [-0.4, -0.2) is 16.7 Å². The first-order valence-corrected chi connectivity index (χ1v) is 6.94. The van der Waals surface area contributed by atoms with Gasteiger partial charge in [-0.05, 0) is 36.9 Å². The van der Waals surface area contributed by atoms with Gasteiger partial charge in [-0.2, -0.15) is 4.98 Å². The van der Waals surface area contributed by atoms with Crippen LogP contribution in [0.3, 0.4) is 0 Å². The van der Waals surface area contributed by atoms with Crippen molar-refractivity contribution in [2.24, 2.45) is 11.7 Å². The highest BCUT2D eigenvalue weighted by molar-refractivity contribution is 5.20. The van der Waals surface area contributed by atoms with Gasteiger partial charge in [0, 0.05) is 12.8 Å². The number of rotatable bonds is 7. The predicted molar refractivity (Wildman–Crippen MR) is 74.7 cm³/mol. The van der Waals surface area contributed by atoms with E-state index in [9.17, 15) is 4.39 Å². The molecule has 0 fully saturated rings. The minimum atomic E-state index is -0.240. The van der Waals surface area contributed by atoms with Crippen LogP contribution in [0.15, 0.2) is 28.8 Å². The van der Waals surface area contributed by atoms with Gasteiger partial charge in [0.25, 0.3) is 0 Å². The average molecular weight is 277 g/mol. The maximum Gasteiger partial charge on any atom is 0.226 e. The molecule has 1 unspecified atom stereocenters. The SMILES string of the molecule is CC(CCN)CCc1nc(Cc2ccccc2F)no1. The third kappa shape index (κ3) is 4.13. The van der Waals surface area contributed by atoms with Gasteiger partial charge >= 0.3 is 0 Å². The van der Waals surface area contributed by atoms with Crippen LogP contribution in [0, 0.1) is 11.7 Å². The Morgan fingerprint density at radius 3 is 2.85 bits per heavy atom. The average Bonchev–Trinajstić information content (AvgIpc) is 2.87. The zero-order valence-corrected chi connectivity index (χ0v) is 11.7. The summed E-state index contributed by atoms with van der Waals surface area (Å²) >= 11 is 0. The molecule has 5 heteroatoms. The Kier molecular flexibility index (Phi) is 5.24. The summed E-state index contributed by atoms with van der Waals surface area (Å²) in [7, 11) is 0. The number of nitrogens with zero attached hydrogens (tertiary/aromatic N) is 2. The molecular weight excluding hydrogens is 257 g/mol. The van der Waals surface area contributed by atoms with Gasteiger partial charge < -0.3 is 10.3 Å². The van der Waals surface area contributed by atoms with E-state index in [1.807, 2.05) is 0 Å². The molecule has 1 atom stereocenters. The molecule has 1 aromatic carbocycles. The summed E-state index contributed by atoms with van der Waals surface area (Å²) in [5.41, 5.74) is 6.10. The van der Waals surface area contributed by atoms with Crippen LogP contribution in [-0.2, 0) is 12.8 Å². The van der Waals surface area contributed by atoms with E-state index in [2.05, 4.69) is 17.1 Å². The Balaban J connectivity index is 1.91. The summed E-state index contributed by atoms with van der Waals surface area (Å²) in [6, 6.07) is 6.63. The molecular formula is C15H20FN3O. The van der Waals surface area contributed by atoms with Gasteiger partial charge in [0.15, 0.2) is 5.82 Å². The Morgan fingerprint density at radius 2 is 2.10 bits per heavy atom. The van der Waals surface area contributed by atoms with E-state index in [4.69, 9.17) is 10.3 Å². The summed E-state index contributed by atoms with van der Waals surface area (Å²) in [5.74, 6) is 1.44. The zero-order valence-electron chi connectivity index (χ0n) is 11.7. The van der Waals surface area contributed by atoms with E-state index in [0.717, 1.165) is 19.3 Å². The third-order valence-corrected chi connectivity index (χ3v) is 3.33. The molecule has 0 aliphatic heterocycles. The van der Waals surface area contributed by atoms with Crippen LogP contribution in [0.2, 0.25) is 0 Å². The molecule has 1 aromatic heterocycles. The first-order valence-electron chi connectivity index (χ1n) is 6.94. The summed E-state index contributed by atoms with van der Waals surface area (Å²) in [6.45, 7) is 2.85. The number of nitrogens with two attached hydrogens (primary N) is 1. The number of benzene rings is 1. The molecule has 20 heavy (non-hydrogen) atoms. The van der Waals surface area contributed by atoms with Crippen molar-refractivity contribution < 1.29 is 8.91 Å². The Labute approximate surface area is 118 Å². The minimum Gasteiger partial charge on any atom is -0.339 e. The number of aromatic nitrogens is 2. The highest BCUT2D eigenvalue weighted by Gasteiger charge is 2.11. The van der Waals surface area contributed by atoms with E-state index >= 15 is 0 Å². The molecule has 0 spiro atoms. The van der Waals surface area contributed by atoms with Gasteiger partial charge in [0.05, 0.1) is 0 Å². The van der Waals surface area contributed by atoms with Gasteiger partial charge in [-0.3, -0.25) is 0 Å². The molecule has 2 rings (SSSR count). The second-order valence-corrected chi connectivity index (χ2v) is 5.09. The third-order valence-electron chi connectivity index (χ3n) is 3.33. The molecule has 0 aliphatic carbocycles. The summed E-state index contributed by atoms with van der Waals surface area (Å²) < 4.78 is 18.7. The minimum absolute atomic E-state index is 0.240. The van der Waals surface area contributed by atoms with Crippen LogP contribution in [0.5, 0.6) is 0 Å². The van der Waals surface area contributed by atoms with E-state index in [0.29, 0.717) is 36.2 Å². The van der Waals surface area contributed by atoms with Crippen molar-refractivity contribution in [3.05, 3.63) is 47.4 Å². The second-order valence-electron chi connectivity index (χ2n) is 5.09. The highest BCUT2D eigenvalue weighted by Crippen LogP contribution is 2.14. The summed E-state index contributed by atoms with van der Waals surface area (Å²) in [4.78, 5) is 4.30. The van der Waals surface area contributed by atoms with Crippen LogP contribution in [0.25, 0.3) is 0 Å². The van der Waals surface area contributed by atoms with Crippen molar-refractivity contribution in [1.82, 2.24) is 10.1 Å².